The van der Waals surface area contributed by atoms with Crippen molar-refractivity contribution in [3.8, 4) is 0 Å². The summed E-state index contributed by atoms with van der Waals surface area (Å²) < 4.78 is 1.82. The van der Waals surface area contributed by atoms with Crippen molar-refractivity contribution in [3.63, 3.8) is 0 Å². The Hall–Kier alpha value is -1.49. The van der Waals surface area contributed by atoms with E-state index in [4.69, 9.17) is 5.73 Å². The van der Waals surface area contributed by atoms with Crippen molar-refractivity contribution >= 4 is 5.65 Å². The molecule has 2 aromatic rings. The summed E-state index contributed by atoms with van der Waals surface area (Å²) in [5.74, 6) is 1.52. The van der Waals surface area contributed by atoms with Crippen molar-refractivity contribution in [3.05, 3.63) is 24.2 Å². The smallest absolute Gasteiger partial charge is 0.177 e. The first-order valence-electron chi connectivity index (χ1n) is 6.87. The average molecular weight is 261 g/mol. The van der Waals surface area contributed by atoms with Gasteiger partial charge in [-0.3, -0.25) is 0 Å². The Morgan fingerprint density at radius 3 is 2.74 bits per heavy atom. The molecule has 0 fully saturated rings. The molecule has 2 N–H and O–H groups in total. The standard InChI is InChI=1S/C14H23N5/c1-14(2,3)11(8-9-15)6-7-13-18-17-12-5-4-10-16-19(12)13/h4-5,10-11H,6-9,15H2,1-3H3. The van der Waals surface area contributed by atoms with Crippen LogP contribution in [0.4, 0.5) is 0 Å². The van der Waals surface area contributed by atoms with E-state index in [0.29, 0.717) is 5.92 Å². The van der Waals surface area contributed by atoms with Crippen LogP contribution in [0.25, 0.3) is 5.65 Å². The molecule has 0 radical (unpaired) electrons. The molecule has 0 saturated carbocycles. The zero-order valence-corrected chi connectivity index (χ0v) is 12.0. The molecule has 5 heteroatoms. The number of hydrogen-bond donors (Lipinski definition) is 1. The fraction of sp³-hybridized carbons (Fsp3) is 0.643. The zero-order chi connectivity index (χ0) is 13.9. The van der Waals surface area contributed by atoms with Crippen LogP contribution in [0.5, 0.6) is 0 Å². The molecule has 5 nitrogen and oxygen atoms in total. The maximum absolute atomic E-state index is 5.72. The molecule has 0 aromatic carbocycles. The normalized spacial score (nSPS) is 13.9. The molecule has 0 aliphatic carbocycles. The van der Waals surface area contributed by atoms with Crippen molar-refractivity contribution in [2.24, 2.45) is 17.1 Å². The lowest BCUT2D eigenvalue weighted by Crippen LogP contribution is -2.24. The number of rotatable bonds is 5. The molecule has 19 heavy (non-hydrogen) atoms. The Morgan fingerprint density at radius 2 is 2.05 bits per heavy atom. The van der Waals surface area contributed by atoms with Gasteiger partial charge in [-0.1, -0.05) is 20.8 Å². The van der Waals surface area contributed by atoms with Gasteiger partial charge in [0.15, 0.2) is 11.5 Å². The Labute approximate surface area is 114 Å². The summed E-state index contributed by atoms with van der Waals surface area (Å²) in [5.41, 5.74) is 6.80. The molecule has 0 bridgehead atoms. The van der Waals surface area contributed by atoms with E-state index in [1.54, 1.807) is 6.20 Å². The predicted octanol–water partition coefficient (Wildman–Crippen LogP) is 2.07. The van der Waals surface area contributed by atoms with E-state index in [1.807, 2.05) is 16.6 Å². The van der Waals surface area contributed by atoms with Crippen LogP contribution in [0.2, 0.25) is 0 Å². The molecule has 104 valence electrons. The maximum atomic E-state index is 5.72. The molecule has 2 aromatic heterocycles. The third-order valence-corrected chi connectivity index (χ3v) is 3.70. The SMILES string of the molecule is CC(C)(C)C(CCN)CCc1nnc2cccnn12. The van der Waals surface area contributed by atoms with Gasteiger partial charge in [-0.05, 0) is 42.9 Å². The van der Waals surface area contributed by atoms with Gasteiger partial charge in [0, 0.05) is 12.6 Å². The van der Waals surface area contributed by atoms with Crippen LogP contribution in [0.15, 0.2) is 18.3 Å². The number of nitrogens with two attached hydrogens (primary N) is 1. The minimum absolute atomic E-state index is 0.271. The zero-order valence-electron chi connectivity index (χ0n) is 12.0. The highest BCUT2D eigenvalue weighted by molar-refractivity contribution is 5.34. The quantitative estimate of drug-likeness (QED) is 0.894. The van der Waals surface area contributed by atoms with Crippen LogP contribution < -0.4 is 5.73 Å². The fourth-order valence-electron chi connectivity index (χ4n) is 2.46. The number of aromatic nitrogens is 4. The molecule has 0 saturated heterocycles. The second-order valence-corrected chi connectivity index (χ2v) is 6.09. The third kappa shape index (κ3) is 3.29. The van der Waals surface area contributed by atoms with E-state index >= 15 is 0 Å². The van der Waals surface area contributed by atoms with Gasteiger partial charge in [0.2, 0.25) is 0 Å². The van der Waals surface area contributed by atoms with Crippen LogP contribution in [-0.4, -0.2) is 26.4 Å². The molecule has 0 amide bonds. The second kappa shape index (κ2) is 5.65. The van der Waals surface area contributed by atoms with Crippen molar-refractivity contribution in [2.45, 2.75) is 40.0 Å². The van der Waals surface area contributed by atoms with Gasteiger partial charge in [-0.2, -0.15) is 9.61 Å². The van der Waals surface area contributed by atoms with Gasteiger partial charge in [-0.15, -0.1) is 10.2 Å². The number of hydrogen-bond acceptors (Lipinski definition) is 4. The highest BCUT2D eigenvalue weighted by atomic mass is 15.4. The van der Waals surface area contributed by atoms with Crippen LogP contribution in [-0.2, 0) is 6.42 Å². The van der Waals surface area contributed by atoms with Crippen molar-refractivity contribution in [1.29, 1.82) is 0 Å². The molecule has 0 aliphatic heterocycles. The third-order valence-electron chi connectivity index (χ3n) is 3.70. The van der Waals surface area contributed by atoms with Gasteiger partial charge in [0.25, 0.3) is 0 Å². The van der Waals surface area contributed by atoms with Crippen LogP contribution >= 0.6 is 0 Å². The summed E-state index contributed by atoms with van der Waals surface area (Å²) in [6, 6.07) is 3.80. The van der Waals surface area contributed by atoms with Gasteiger partial charge in [0.1, 0.15) is 0 Å². The lowest BCUT2D eigenvalue weighted by Gasteiger charge is -2.30. The topological polar surface area (TPSA) is 69.1 Å². The summed E-state index contributed by atoms with van der Waals surface area (Å²) in [6.45, 7) is 7.55. The number of fused-ring (bicyclic) bond motifs is 1. The highest BCUT2D eigenvalue weighted by Gasteiger charge is 2.24. The van der Waals surface area contributed by atoms with E-state index in [-0.39, 0.29) is 5.41 Å². The summed E-state index contributed by atoms with van der Waals surface area (Å²) in [5, 5.41) is 12.7. The lowest BCUT2D eigenvalue weighted by molar-refractivity contribution is 0.213. The van der Waals surface area contributed by atoms with E-state index < -0.39 is 0 Å². The van der Waals surface area contributed by atoms with E-state index in [1.165, 1.54) is 0 Å². The highest BCUT2D eigenvalue weighted by Crippen LogP contribution is 2.31. The molecule has 1 atom stereocenters. The van der Waals surface area contributed by atoms with E-state index in [0.717, 1.165) is 37.3 Å². The average Bonchev–Trinajstić information content (AvgIpc) is 2.76. The van der Waals surface area contributed by atoms with Gasteiger partial charge in [-0.25, -0.2) is 0 Å². The summed E-state index contributed by atoms with van der Waals surface area (Å²) >= 11 is 0. The molecule has 0 spiro atoms. The lowest BCUT2D eigenvalue weighted by atomic mass is 9.76. The van der Waals surface area contributed by atoms with E-state index in [2.05, 4.69) is 36.1 Å². The first kappa shape index (κ1) is 13.9. The summed E-state index contributed by atoms with van der Waals surface area (Å²) in [7, 11) is 0. The molecule has 2 rings (SSSR count). The van der Waals surface area contributed by atoms with Crippen LogP contribution in [0.3, 0.4) is 0 Å². The Kier molecular flexibility index (Phi) is 4.14. The first-order chi connectivity index (χ1) is 9.02. The Bertz CT molecular complexity index is 526. The van der Waals surface area contributed by atoms with Crippen LogP contribution in [0.1, 0.15) is 39.4 Å². The van der Waals surface area contributed by atoms with Crippen molar-refractivity contribution in [2.75, 3.05) is 6.54 Å². The Morgan fingerprint density at radius 1 is 1.26 bits per heavy atom. The van der Waals surface area contributed by atoms with Crippen molar-refractivity contribution < 1.29 is 0 Å². The number of aryl methyl sites for hydroxylation is 1. The molecule has 2 heterocycles. The van der Waals surface area contributed by atoms with Gasteiger partial charge >= 0.3 is 0 Å². The van der Waals surface area contributed by atoms with E-state index in [9.17, 15) is 0 Å². The molecule has 0 aliphatic rings. The summed E-state index contributed by atoms with van der Waals surface area (Å²) in [4.78, 5) is 0. The van der Waals surface area contributed by atoms with Crippen molar-refractivity contribution in [1.82, 2.24) is 19.8 Å². The molecule has 1 unspecified atom stereocenters. The largest absolute Gasteiger partial charge is 0.330 e. The first-order valence-corrected chi connectivity index (χ1v) is 6.87. The second-order valence-electron chi connectivity index (χ2n) is 6.09. The Balaban J connectivity index is 2.08. The monoisotopic (exact) mass is 261 g/mol. The van der Waals surface area contributed by atoms with Gasteiger partial charge < -0.3 is 5.73 Å². The maximum Gasteiger partial charge on any atom is 0.177 e. The number of nitrogens with zero attached hydrogens (tertiary/aromatic N) is 4. The fourth-order valence-corrected chi connectivity index (χ4v) is 2.46. The minimum Gasteiger partial charge on any atom is -0.330 e. The summed E-state index contributed by atoms with van der Waals surface area (Å²) in [6.07, 6.45) is 4.77. The predicted molar refractivity (Wildman–Crippen MR) is 75.7 cm³/mol. The molecular formula is C14H23N5. The van der Waals surface area contributed by atoms with Gasteiger partial charge in [0.05, 0.1) is 0 Å². The minimum atomic E-state index is 0.271. The van der Waals surface area contributed by atoms with Crippen LogP contribution in [0, 0.1) is 11.3 Å². The molecular weight excluding hydrogens is 238 g/mol.